The predicted molar refractivity (Wildman–Crippen MR) is 30.8 cm³/mol. The van der Waals surface area contributed by atoms with Crippen LogP contribution in [0.15, 0.2) is 0 Å². The summed E-state index contributed by atoms with van der Waals surface area (Å²) < 4.78 is 5.07. The lowest BCUT2D eigenvalue weighted by molar-refractivity contribution is 0.393. The van der Waals surface area contributed by atoms with Gasteiger partial charge in [-0.1, -0.05) is 0 Å². The maximum atomic E-state index is 5.07. The molecule has 0 aliphatic rings. The molecule has 0 aliphatic carbocycles. The van der Waals surface area contributed by atoms with Gasteiger partial charge in [0.25, 0.3) is 0 Å². The lowest BCUT2D eigenvalue weighted by Crippen LogP contribution is -1.99. The van der Waals surface area contributed by atoms with Crippen molar-refractivity contribution < 1.29 is 4.18 Å². The molecule has 6 heavy (non-hydrogen) atoms. The van der Waals surface area contributed by atoms with Gasteiger partial charge in [0.05, 0.1) is 0 Å². The molecular formula is C4H11OS+. The molecule has 0 N–H and O–H groups in total. The summed E-state index contributed by atoms with van der Waals surface area (Å²) in [5.41, 5.74) is 0. The Kier molecular flexibility index (Phi) is 3.68. The highest BCUT2D eigenvalue weighted by atomic mass is 32.2. The summed E-state index contributed by atoms with van der Waals surface area (Å²) in [7, 11) is 0. The molecule has 0 spiro atoms. The van der Waals surface area contributed by atoms with Gasteiger partial charge in [-0.05, 0) is 6.92 Å². The van der Waals surface area contributed by atoms with Crippen molar-refractivity contribution in [1.82, 2.24) is 0 Å². The average Bonchev–Trinajstić information content (AvgIpc) is 1.35. The molecule has 0 amide bonds. The number of rotatable bonds is 2. The van der Waals surface area contributed by atoms with Crippen LogP contribution in [0.1, 0.15) is 6.92 Å². The Balaban J connectivity index is 2.63. The van der Waals surface area contributed by atoms with Crippen molar-refractivity contribution in [1.29, 1.82) is 0 Å². The first-order valence-electron chi connectivity index (χ1n) is 1.98. The topological polar surface area (TPSA) is 9.23 Å². The van der Waals surface area contributed by atoms with E-state index in [1.807, 2.05) is 6.92 Å². The molecule has 0 unspecified atom stereocenters. The summed E-state index contributed by atoms with van der Waals surface area (Å²) in [6, 6.07) is 0. The normalized spacial score (nSPS) is 10.0. The van der Waals surface area contributed by atoms with Crippen LogP contribution in [-0.4, -0.2) is 19.1 Å². The van der Waals surface area contributed by atoms with E-state index in [0.717, 1.165) is 6.61 Å². The highest BCUT2D eigenvalue weighted by molar-refractivity contribution is 7.90. The zero-order valence-electron chi connectivity index (χ0n) is 4.52. The third-order valence-electron chi connectivity index (χ3n) is 0.354. The van der Waals surface area contributed by atoms with Crippen molar-refractivity contribution in [2.45, 2.75) is 6.92 Å². The lowest BCUT2D eigenvalue weighted by Gasteiger charge is -1.87. The first kappa shape index (κ1) is 6.31. The maximum Gasteiger partial charge on any atom is 0.140 e. The van der Waals surface area contributed by atoms with Crippen molar-refractivity contribution in [3.8, 4) is 0 Å². The predicted octanol–water partition coefficient (Wildman–Crippen LogP) is 0.816. The molecule has 0 radical (unpaired) electrons. The SMILES string of the molecule is CCO[S+](C)C. The molecule has 38 valence electrons. The van der Waals surface area contributed by atoms with Crippen LogP contribution in [0.5, 0.6) is 0 Å². The monoisotopic (exact) mass is 107 g/mol. The molecule has 0 aromatic heterocycles. The van der Waals surface area contributed by atoms with E-state index in [4.69, 9.17) is 4.18 Å². The number of hydrogen-bond donors (Lipinski definition) is 0. The molecule has 0 bridgehead atoms. The van der Waals surface area contributed by atoms with Gasteiger partial charge in [-0.25, -0.2) is 0 Å². The Morgan fingerprint density at radius 3 is 2.00 bits per heavy atom. The van der Waals surface area contributed by atoms with E-state index in [2.05, 4.69) is 12.5 Å². The van der Waals surface area contributed by atoms with Gasteiger partial charge in [0.1, 0.15) is 30.3 Å². The standard InChI is InChI=1S/C4H11OS/c1-4-5-6(2)3/h4H2,1-3H3/q+1. The van der Waals surface area contributed by atoms with Gasteiger partial charge in [0.15, 0.2) is 0 Å². The van der Waals surface area contributed by atoms with E-state index < -0.39 is 0 Å². The van der Waals surface area contributed by atoms with Crippen LogP contribution >= 0.6 is 0 Å². The Morgan fingerprint density at radius 1 is 1.50 bits per heavy atom. The van der Waals surface area contributed by atoms with E-state index in [1.54, 1.807) is 0 Å². The molecule has 1 nitrogen and oxygen atoms in total. The molecule has 0 rings (SSSR count). The molecular weight excluding hydrogens is 96.1 g/mol. The van der Waals surface area contributed by atoms with Crippen LogP contribution in [0.3, 0.4) is 0 Å². The van der Waals surface area contributed by atoms with Crippen molar-refractivity contribution in [3.05, 3.63) is 0 Å². The second-order valence-corrected chi connectivity index (χ2v) is 2.87. The van der Waals surface area contributed by atoms with Gasteiger partial charge >= 0.3 is 0 Å². The van der Waals surface area contributed by atoms with Crippen LogP contribution in [0.2, 0.25) is 0 Å². The van der Waals surface area contributed by atoms with Crippen LogP contribution in [-0.2, 0) is 15.4 Å². The lowest BCUT2D eigenvalue weighted by atomic mass is 10.9. The van der Waals surface area contributed by atoms with Gasteiger partial charge in [-0.15, -0.1) is 0 Å². The molecule has 0 aliphatic heterocycles. The molecule has 0 aromatic carbocycles. The van der Waals surface area contributed by atoms with Gasteiger partial charge in [0, 0.05) is 0 Å². The molecule has 0 heterocycles. The first-order valence-corrected chi connectivity index (χ1v) is 3.95. The highest BCUT2D eigenvalue weighted by Gasteiger charge is 1.96. The Bertz CT molecular complexity index is 28.7. The Morgan fingerprint density at radius 2 is 2.00 bits per heavy atom. The Hall–Kier alpha value is 0.310. The van der Waals surface area contributed by atoms with Gasteiger partial charge in [-0.2, -0.15) is 4.18 Å². The zero-order valence-corrected chi connectivity index (χ0v) is 5.34. The fourth-order valence-electron chi connectivity index (χ4n) is 0.236. The van der Waals surface area contributed by atoms with E-state index >= 15 is 0 Å². The Labute approximate surface area is 42.2 Å². The maximum absolute atomic E-state index is 5.07. The quantitative estimate of drug-likeness (QED) is 0.475. The van der Waals surface area contributed by atoms with E-state index in [0.29, 0.717) is 0 Å². The second kappa shape index (κ2) is 3.50. The summed E-state index contributed by atoms with van der Waals surface area (Å²) in [6.07, 6.45) is 4.12. The fraction of sp³-hybridized carbons (Fsp3) is 1.00. The minimum Gasteiger partial charge on any atom is -0.175 e. The molecule has 0 atom stereocenters. The summed E-state index contributed by atoms with van der Waals surface area (Å²) >= 11 is 0.184. The highest BCUT2D eigenvalue weighted by Crippen LogP contribution is 1.83. The molecule has 0 saturated heterocycles. The molecule has 0 fully saturated rings. The first-order chi connectivity index (χ1) is 2.77. The zero-order chi connectivity index (χ0) is 4.99. The third-order valence-corrected chi connectivity index (χ3v) is 1.06. The van der Waals surface area contributed by atoms with E-state index in [-0.39, 0.29) is 11.2 Å². The largest absolute Gasteiger partial charge is 0.175 e. The summed E-state index contributed by atoms with van der Waals surface area (Å²) in [5.74, 6) is 0. The van der Waals surface area contributed by atoms with Crippen molar-refractivity contribution in [2.75, 3.05) is 19.1 Å². The van der Waals surface area contributed by atoms with Gasteiger partial charge < -0.3 is 0 Å². The van der Waals surface area contributed by atoms with E-state index in [1.165, 1.54) is 0 Å². The smallest absolute Gasteiger partial charge is 0.140 e. The van der Waals surface area contributed by atoms with Crippen molar-refractivity contribution >= 4 is 11.2 Å². The van der Waals surface area contributed by atoms with Crippen LogP contribution < -0.4 is 0 Å². The average molecular weight is 107 g/mol. The van der Waals surface area contributed by atoms with Crippen LogP contribution in [0.4, 0.5) is 0 Å². The van der Waals surface area contributed by atoms with E-state index in [9.17, 15) is 0 Å². The van der Waals surface area contributed by atoms with Crippen LogP contribution in [0, 0.1) is 0 Å². The minimum absolute atomic E-state index is 0.184. The summed E-state index contributed by atoms with van der Waals surface area (Å²) in [4.78, 5) is 0. The van der Waals surface area contributed by atoms with Crippen LogP contribution in [0.25, 0.3) is 0 Å². The minimum atomic E-state index is 0.184. The molecule has 2 heteroatoms. The van der Waals surface area contributed by atoms with Gasteiger partial charge in [-0.3, -0.25) is 0 Å². The summed E-state index contributed by atoms with van der Waals surface area (Å²) in [5, 5.41) is 0. The van der Waals surface area contributed by atoms with Crippen molar-refractivity contribution in [2.24, 2.45) is 0 Å². The number of hydrogen-bond acceptors (Lipinski definition) is 1. The van der Waals surface area contributed by atoms with Crippen molar-refractivity contribution in [3.63, 3.8) is 0 Å². The molecule has 0 aromatic rings. The third kappa shape index (κ3) is 4.31. The molecule has 0 saturated carbocycles. The van der Waals surface area contributed by atoms with Gasteiger partial charge in [0.2, 0.25) is 0 Å². The summed E-state index contributed by atoms with van der Waals surface area (Å²) in [6.45, 7) is 2.85. The fourth-order valence-corrected chi connectivity index (χ4v) is 0.707. The second-order valence-electron chi connectivity index (χ2n) is 1.15.